The molecule has 1 atom stereocenters. The van der Waals surface area contributed by atoms with Gasteiger partial charge in [0, 0.05) is 38.7 Å². The van der Waals surface area contributed by atoms with Gasteiger partial charge in [-0.1, -0.05) is 135 Å². The molecule has 1 aliphatic carbocycles. The molecule has 0 saturated carbocycles. The zero-order valence-electron chi connectivity index (χ0n) is 27.9. The van der Waals surface area contributed by atoms with Gasteiger partial charge in [-0.05, 0) is 79.3 Å². The van der Waals surface area contributed by atoms with E-state index in [4.69, 9.17) is 4.99 Å². The molecule has 2 heterocycles. The summed E-state index contributed by atoms with van der Waals surface area (Å²) in [4.78, 5) is 5.35. The van der Waals surface area contributed by atoms with Crippen LogP contribution < -0.4 is 5.32 Å². The minimum atomic E-state index is -0.164. The zero-order valence-corrected chi connectivity index (χ0v) is 27.9. The van der Waals surface area contributed by atoms with Crippen LogP contribution in [0.1, 0.15) is 47.8 Å². The number of hydrogen-bond acceptors (Lipinski definition) is 2. The summed E-state index contributed by atoms with van der Waals surface area (Å²) in [6.07, 6.45) is -0.164. The molecule has 0 radical (unpaired) electrons. The summed E-state index contributed by atoms with van der Waals surface area (Å²) in [5, 5.41) is 14.4. The molecule has 1 aliphatic heterocycles. The van der Waals surface area contributed by atoms with Crippen LogP contribution in [0.5, 0.6) is 0 Å². The zero-order chi connectivity index (χ0) is 33.1. The molecule has 50 heavy (non-hydrogen) atoms. The molecular formula is C47H33N3. The van der Waals surface area contributed by atoms with Gasteiger partial charge in [-0.15, -0.1) is 0 Å². The van der Waals surface area contributed by atoms with Crippen LogP contribution in [-0.2, 0) is 5.41 Å². The fourth-order valence-corrected chi connectivity index (χ4v) is 9.09. The van der Waals surface area contributed by atoms with Crippen molar-refractivity contribution in [2.45, 2.75) is 25.4 Å². The predicted molar refractivity (Wildman–Crippen MR) is 210 cm³/mol. The number of nitrogens with one attached hydrogen (secondary N) is 1. The van der Waals surface area contributed by atoms with E-state index in [2.05, 4.69) is 175 Å². The van der Waals surface area contributed by atoms with Gasteiger partial charge in [0.05, 0.1) is 16.7 Å². The fraction of sp³-hybridized carbons (Fsp3) is 0.0851. The number of hydrogen-bond donors (Lipinski definition) is 1. The van der Waals surface area contributed by atoms with Gasteiger partial charge < -0.3 is 9.88 Å². The summed E-state index contributed by atoms with van der Waals surface area (Å²) in [6.45, 7) is 4.78. The highest BCUT2D eigenvalue weighted by Crippen LogP contribution is 2.53. The van der Waals surface area contributed by atoms with Crippen molar-refractivity contribution < 1.29 is 0 Å². The van der Waals surface area contributed by atoms with E-state index < -0.39 is 0 Å². The Bertz CT molecular complexity index is 2910. The average Bonchev–Trinajstić information content (AvgIpc) is 3.63. The van der Waals surface area contributed by atoms with Crippen molar-refractivity contribution in [3.8, 4) is 5.69 Å². The monoisotopic (exact) mass is 639 g/mol. The van der Waals surface area contributed by atoms with Gasteiger partial charge in [-0.25, -0.2) is 0 Å². The van der Waals surface area contributed by atoms with Gasteiger partial charge in [0.1, 0.15) is 6.17 Å². The largest absolute Gasteiger partial charge is 0.360 e. The standard InChI is InChI=1S/C47H33N3/c1-47(2)36-21-11-19-33-31-17-9-10-18-32(31)34-20-12-22-39-42(34)44-40(26-24-37(47)43(44)41(33)36)50(39)30-23-25-38-35(27-30)45(28-13-5-3-6-14-28)49-46(48-38)29-15-7-4-8-16-29/h3-27,46,48H,1-2H3. The lowest BCUT2D eigenvalue weighted by Gasteiger charge is -2.27. The third kappa shape index (κ3) is 3.61. The quantitative estimate of drug-likeness (QED) is 0.205. The molecular weight excluding hydrogens is 607 g/mol. The summed E-state index contributed by atoms with van der Waals surface area (Å²) < 4.78 is 2.49. The molecule has 0 amide bonds. The SMILES string of the molecule is CC1(C)c2cccc3c4ccccc4c4cccc5c4c4c(c1ccc4n5-c1ccc4c(c1)C(c1ccccc1)=NC(c1ccccc1)N4)c23. The third-order valence-electron chi connectivity index (χ3n) is 11.4. The highest BCUT2D eigenvalue weighted by atomic mass is 15.1. The number of aliphatic imine (C=N–C) groups is 1. The molecule has 1 unspecified atom stereocenters. The van der Waals surface area contributed by atoms with E-state index in [1.54, 1.807) is 0 Å². The summed E-state index contributed by atoms with van der Waals surface area (Å²) >= 11 is 0. The number of fused-ring (bicyclic) bond motifs is 4. The van der Waals surface area contributed by atoms with Gasteiger partial charge in [0.15, 0.2) is 0 Å². The van der Waals surface area contributed by atoms with Gasteiger partial charge in [0.25, 0.3) is 0 Å². The molecule has 236 valence electrons. The smallest absolute Gasteiger partial charge is 0.145 e. The second-order valence-electron chi connectivity index (χ2n) is 14.3. The minimum absolute atomic E-state index is 0.106. The first-order valence-electron chi connectivity index (χ1n) is 17.5. The second kappa shape index (κ2) is 9.93. The Labute approximate surface area is 290 Å². The van der Waals surface area contributed by atoms with E-state index in [-0.39, 0.29) is 11.6 Å². The van der Waals surface area contributed by atoms with Gasteiger partial charge in [-0.3, -0.25) is 4.99 Å². The van der Waals surface area contributed by atoms with Crippen molar-refractivity contribution in [2.24, 2.45) is 4.99 Å². The number of rotatable bonds is 3. The van der Waals surface area contributed by atoms with Crippen molar-refractivity contribution in [1.29, 1.82) is 0 Å². The Hall–Kier alpha value is -6.19. The molecule has 3 nitrogen and oxygen atoms in total. The lowest BCUT2D eigenvalue weighted by atomic mass is 9.81. The second-order valence-corrected chi connectivity index (χ2v) is 14.3. The Morgan fingerprint density at radius 1 is 0.540 bits per heavy atom. The topological polar surface area (TPSA) is 29.3 Å². The average molecular weight is 640 g/mol. The van der Waals surface area contributed by atoms with Crippen LogP contribution in [-0.4, -0.2) is 10.3 Å². The van der Waals surface area contributed by atoms with E-state index in [0.717, 1.165) is 33.8 Å². The molecule has 3 heteroatoms. The maximum Gasteiger partial charge on any atom is 0.145 e. The van der Waals surface area contributed by atoms with Crippen molar-refractivity contribution in [3.63, 3.8) is 0 Å². The molecule has 0 spiro atoms. The fourth-order valence-electron chi connectivity index (χ4n) is 9.09. The van der Waals surface area contributed by atoms with Crippen LogP contribution in [0.25, 0.3) is 59.8 Å². The van der Waals surface area contributed by atoms with Crippen molar-refractivity contribution in [2.75, 3.05) is 5.32 Å². The van der Waals surface area contributed by atoms with Gasteiger partial charge in [0.2, 0.25) is 0 Å². The summed E-state index contributed by atoms with van der Waals surface area (Å²) in [5.74, 6) is 0. The Morgan fingerprint density at radius 3 is 1.96 bits per heavy atom. The van der Waals surface area contributed by atoms with Crippen LogP contribution in [0.4, 0.5) is 5.69 Å². The first-order chi connectivity index (χ1) is 24.6. The maximum absolute atomic E-state index is 5.35. The van der Waals surface area contributed by atoms with Gasteiger partial charge >= 0.3 is 0 Å². The third-order valence-corrected chi connectivity index (χ3v) is 11.4. The maximum atomic E-state index is 5.35. The summed E-state index contributed by atoms with van der Waals surface area (Å²) in [6, 6.07) is 55.5. The van der Waals surface area contributed by atoms with Crippen molar-refractivity contribution in [1.82, 2.24) is 4.57 Å². The minimum Gasteiger partial charge on any atom is -0.360 e. The first-order valence-corrected chi connectivity index (χ1v) is 17.5. The first kappa shape index (κ1) is 27.7. The number of aromatic nitrogens is 1. The Morgan fingerprint density at radius 2 is 1.18 bits per heavy atom. The molecule has 1 N–H and O–H groups in total. The van der Waals surface area contributed by atoms with Crippen LogP contribution >= 0.6 is 0 Å². The van der Waals surface area contributed by atoms with Crippen LogP contribution in [0.15, 0.2) is 157 Å². The lowest BCUT2D eigenvalue weighted by Crippen LogP contribution is -2.21. The Balaban J connectivity index is 1.26. The predicted octanol–water partition coefficient (Wildman–Crippen LogP) is 11.8. The summed E-state index contributed by atoms with van der Waals surface area (Å²) in [5.41, 5.74) is 11.7. The van der Waals surface area contributed by atoms with Crippen LogP contribution in [0.2, 0.25) is 0 Å². The van der Waals surface area contributed by atoms with Crippen molar-refractivity contribution in [3.05, 3.63) is 179 Å². The van der Waals surface area contributed by atoms with Crippen LogP contribution in [0, 0.1) is 0 Å². The van der Waals surface area contributed by atoms with E-state index in [1.165, 1.54) is 65.3 Å². The molecule has 8 aromatic carbocycles. The van der Waals surface area contributed by atoms with Crippen LogP contribution in [0.3, 0.4) is 0 Å². The van der Waals surface area contributed by atoms with E-state index >= 15 is 0 Å². The number of benzene rings is 7. The van der Waals surface area contributed by atoms with Gasteiger partial charge in [-0.2, -0.15) is 0 Å². The van der Waals surface area contributed by atoms with E-state index in [1.807, 2.05) is 0 Å². The molecule has 11 rings (SSSR count). The normalized spacial score (nSPS) is 16.0. The number of nitrogens with zero attached hydrogens (tertiary/aromatic N) is 2. The lowest BCUT2D eigenvalue weighted by molar-refractivity contribution is 0.663. The van der Waals surface area contributed by atoms with Crippen molar-refractivity contribution >= 4 is 65.5 Å². The molecule has 9 aromatic rings. The molecule has 0 fully saturated rings. The summed E-state index contributed by atoms with van der Waals surface area (Å²) in [7, 11) is 0. The van der Waals surface area contributed by atoms with E-state index in [9.17, 15) is 0 Å². The molecule has 2 aliphatic rings. The molecule has 0 bridgehead atoms. The van der Waals surface area contributed by atoms with E-state index in [0.29, 0.717) is 0 Å². The highest BCUT2D eigenvalue weighted by molar-refractivity contribution is 6.35. The highest BCUT2D eigenvalue weighted by Gasteiger charge is 2.35. The Kier molecular flexibility index (Phi) is 5.51. The molecule has 0 saturated heterocycles. The molecule has 1 aromatic heterocycles. The number of anilines is 1.